The molecule has 4 aliphatic carbocycles. The number of hydrogen-bond donors (Lipinski definition) is 0. The molecule has 0 aromatic carbocycles. The Labute approximate surface area is 199 Å². The first-order valence-electron chi connectivity index (χ1n) is 14.6. The first-order valence-corrected chi connectivity index (χ1v) is 14.6. The number of ketones is 1. The quantitative estimate of drug-likeness (QED) is 0.363. The monoisotopic (exact) mass is 443 g/mol. The van der Waals surface area contributed by atoms with Gasteiger partial charge in [-0.25, -0.2) is 0 Å². The predicted molar refractivity (Wildman–Crippen MR) is 136 cm³/mol. The fourth-order valence-electron chi connectivity index (χ4n) is 9.81. The van der Waals surface area contributed by atoms with Crippen molar-refractivity contribution in [3.63, 3.8) is 0 Å². The molecule has 4 rings (SSSR count). The Hall–Kier alpha value is -0.370. The van der Waals surface area contributed by atoms with E-state index in [0.29, 0.717) is 22.5 Å². The summed E-state index contributed by atoms with van der Waals surface area (Å²) in [5.74, 6) is 6.06. The van der Waals surface area contributed by atoms with Crippen LogP contribution in [0.15, 0.2) is 0 Å². The van der Waals surface area contributed by atoms with Crippen LogP contribution < -0.4 is 0 Å². The highest BCUT2D eigenvalue weighted by atomic mass is 16.1. The third kappa shape index (κ3) is 4.48. The maximum atomic E-state index is 12.6. The Bertz CT molecular complexity index is 641. The Balaban J connectivity index is 1.35. The van der Waals surface area contributed by atoms with Crippen LogP contribution in [0.3, 0.4) is 0 Å². The Morgan fingerprint density at radius 2 is 1.62 bits per heavy atom. The summed E-state index contributed by atoms with van der Waals surface area (Å²) >= 11 is 0. The van der Waals surface area contributed by atoms with E-state index in [2.05, 4.69) is 39.5 Å². The fourth-order valence-corrected chi connectivity index (χ4v) is 9.81. The second kappa shape index (κ2) is 10.1. The molecule has 0 spiro atoms. The molecule has 0 aliphatic heterocycles. The SMILES string of the molecule is CCN(CC)CCC(=O)CC[C@@H](C)[C@H]1CC[C@H]2[C@@H]3CCC4CCCC[C@]4(C)[C@H]3CC[C@]12C. The van der Waals surface area contributed by atoms with Crippen LogP contribution in [0, 0.1) is 46.3 Å². The number of rotatable bonds is 9. The lowest BCUT2D eigenvalue weighted by Crippen LogP contribution is -2.53. The molecule has 4 fully saturated rings. The normalized spacial score (nSPS) is 42.2. The van der Waals surface area contributed by atoms with Gasteiger partial charge in [0.15, 0.2) is 0 Å². The third-order valence-electron chi connectivity index (χ3n) is 11.8. The van der Waals surface area contributed by atoms with E-state index >= 15 is 0 Å². The summed E-state index contributed by atoms with van der Waals surface area (Å²) < 4.78 is 0. The molecule has 0 amide bonds. The first-order chi connectivity index (χ1) is 15.3. The third-order valence-corrected chi connectivity index (χ3v) is 11.8. The van der Waals surface area contributed by atoms with Gasteiger partial charge in [-0.15, -0.1) is 0 Å². The van der Waals surface area contributed by atoms with Crippen molar-refractivity contribution in [3.05, 3.63) is 0 Å². The van der Waals surface area contributed by atoms with E-state index in [9.17, 15) is 4.79 Å². The number of fused-ring (bicyclic) bond motifs is 5. The van der Waals surface area contributed by atoms with Crippen LogP contribution in [0.25, 0.3) is 0 Å². The molecule has 4 aliphatic rings. The van der Waals surface area contributed by atoms with Crippen LogP contribution >= 0.6 is 0 Å². The van der Waals surface area contributed by atoms with Gasteiger partial charge in [0.2, 0.25) is 0 Å². The van der Waals surface area contributed by atoms with E-state index < -0.39 is 0 Å². The smallest absolute Gasteiger partial charge is 0.134 e. The van der Waals surface area contributed by atoms with Crippen molar-refractivity contribution in [2.24, 2.45) is 46.3 Å². The molecular weight excluding hydrogens is 390 g/mol. The minimum Gasteiger partial charge on any atom is -0.303 e. The van der Waals surface area contributed by atoms with Crippen LogP contribution in [0.2, 0.25) is 0 Å². The minimum atomic E-state index is 0.496. The van der Waals surface area contributed by atoms with Crippen molar-refractivity contribution < 1.29 is 4.79 Å². The van der Waals surface area contributed by atoms with E-state index in [0.717, 1.165) is 68.5 Å². The molecule has 0 saturated heterocycles. The number of Topliss-reactive ketones (excluding diaryl/α,β-unsaturated/α-hetero) is 1. The summed E-state index contributed by atoms with van der Waals surface area (Å²) in [5.41, 5.74) is 1.20. The van der Waals surface area contributed by atoms with Crippen molar-refractivity contribution in [1.29, 1.82) is 0 Å². The topological polar surface area (TPSA) is 20.3 Å². The summed E-state index contributed by atoms with van der Waals surface area (Å²) in [6.07, 6.45) is 17.6. The molecule has 1 unspecified atom stereocenters. The van der Waals surface area contributed by atoms with Gasteiger partial charge >= 0.3 is 0 Å². The van der Waals surface area contributed by atoms with E-state index in [1.807, 2.05) is 0 Å². The highest BCUT2D eigenvalue weighted by Crippen LogP contribution is 2.68. The molecule has 32 heavy (non-hydrogen) atoms. The second-order valence-corrected chi connectivity index (χ2v) is 13.0. The standard InChI is InChI=1S/C30H53NO/c1-6-31(7-2)21-18-24(32)13-11-22(3)26-15-16-27-25-14-12-23-10-8-9-19-29(23,4)28(25)17-20-30(26,27)5/h22-23,25-28H,6-21H2,1-5H3/t22-,23?,25+,26-,27+,28+,29+,30-/m1/s1. The molecule has 0 radical (unpaired) electrons. The van der Waals surface area contributed by atoms with Gasteiger partial charge in [-0.2, -0.15) is 0 Å². The average Bonchev–Trinajstić information content (AvgIpc) is 3.15. The highest BCUT2D eigenvalue weighted by molar-refractivity contribution is 5.78. The zero-order chi connectivity index (χ0) is 22.9. The molecule has 0 bridgehead atoms. The van der Waals surface area contributed by atoms with Gasteiger partial charge in [-0.3, -0.25) is 4.79 Å². The molecular formula is C30H53NO. The molecule has 0 aromatic heterocycles. The molecule has 8 atom stereocenters. The molecule has 184 valence electrons. The molecule has 2 heteroatoms. The first kappa shape index (κ1) is 24.7. The van der Waals surface area contributed by atoms with Crippen LogP contribution in [0.4, 0.5) is 0 Å². The van der Waals surface area contributed by atoms with Crippen LogP contribution in [-0.4, -0.2) is 30.3 Å². The lowest BCUT2D eigenvalue weighted by atomic mass is 9.44. The summed E-state index contributed by atoms with van der Waals surface area (Å²) in [6, 6.07) is 0. The Kier molecular flexibility index (Phi) is 7.80. The lowest BCUT2D eigenvalue weighted by Gasteiger charge is -2.61. The zero-order valence-corrected chi connectivity index (χ0v) is 22.1. The van der Waals surface area contributed by atoms with Crippen molar-refractivity contribution in [2.75, 3.05) is 19.6 Å². The van der Waals surface area contributed by atoms with Crippen molar-refractivity contribution >= 4 is 5.78 Å². The van der Waals surface area contributed by atoms with Gasteiger partial charge in [0.25, 0.3) is 0 Å². The van der Waals surface area contributed by atoms with E-state index in [1.54, 1.807) is 0 Å². The van der Waals surface area contributed by atoms with Crippen molar-refractivity contribution in [2.45, 2.75) is 118 Å². The number of hydrogen-bond acceptors (Lipinski definition) is 2. The zero-order valence-electron chi connectivity index (χ0n) is 22.1. The lowest BCUT2D eigenvalue weighted by molar-refractivity contribution is -0.121. The highest BCUT2D eigenvalue weighted by Gasteiger charge is 2.60. The maximum absolute atomic E-state index is 12.6. The summed E-state index contributed by atoms with van der Waals surface area (Å²) in [6.45, 7) is 15.3. The average molecular weight is 444 g/mol. The number of carbonyl (C=O) groups is 1. The Morgan fingerprint density at radius 3 is 2.38 bits per heavy atom. The maximum Gasteiger partial charge on any atom is 0.134 e. The molecule has 0 N–H and O–H groups in total. The van der Waals surface area contributed by atoms with Gasteiger partial charge in [-0.1, -0.05) is 47.5 Å². The largest absolute Gasteiger partial charge is 0.303 e. The molecule has 0 heterocycles. The van der Waals surface area contributed by atoms with Crippen molar-refractivity contribution in [1.82, 2.24) is 4.90 Å². The molecule has 0 aromatic rings. The number of nitrogens with zero attached hydrogens (tertiary/aromatic N) is 1. The van der Waals surface area contributed by atoms with Crippen LogP contribution in [0.1, 0.15) is 118 Å². The van der Waals surface area contributed by atoms with Gasteiger partial charge in [-0.05, 0) is 117 Å². The summed E-state index contributed by atoms with van der Waals surface area (Å²) in [7, 11) is 0. The van der Waals surface area contributed by atoms with Crippen molar-refractivity contribution in [3.8, 4) is 0 Å². The molecule has 4 saturated carbocycles. The van der Waals surface area contributed by atoms with E-state index in [1.165, 1.54) is 64.2 Å². The minimum absolute atomic E-state index is 0.496. The van der Waals surface area contributed by atoms with Gasteiger partial charge in [0, 0.05) is 19.4 Å². The fraction of sp³-hybridized carbons (Fsp3) is 0.967. The van der Waals surface area contributed by atoms with Gasteiger partial charge < -0.3 is 4.90 Å². The summed E-state index contributed by atoms with van der Waals surface area (Å²) in [5, 5.41) is 0. The summed E-state index contributed by atoms with van der Waals surface area (Å²) in [4.78, 5) is 15.0. The van der Waals surface area contributed by atoms with Crippen LogP contribution in [0.5, 0.6) is 0 Å². The van der Waals surface area contributed by atoms with E-state index in [-0.39, 0.29) is 0 Å². The number of carbonyl (C=O) groups excluding carboxylic acids is 1. The predicted octanol–water partition coefficient (Wildman–Crippen LogP) is 7.75. The molecule has 2 nitrogen and oxygen atoms in total. The Morgan fingerprint density at radius 1 is 0.875 bits per heavy atom. The van der Waals surface area contributed by atoms with Gasteiger partial charge in [0.1, 0.15) is 5.78 Å². The van der Waals surface area contributed by atoms with Gasteiger partial charge in [0.05, 0.1) is 0 Å². The van der Waals surface area contributed by atoms with Crippen LogP contribution in [-0.2, 0) is 4.79 Å². The van der Waals surface area contributed by atoms with E-state index in [4.69, 9.17) is 0 Å². The second-order valence-electron chi connectivity index (χ2n) is 13.0.